The minimum Gasteiger partial charge on any atom is -0.493 e. The quantitative estimate of drug-likeness (QED) is 0.688. The summed E-state index contributed by atoms with van der Waals surface area (Å²) in [7, 11) is 0. The lowest BCUT2D eigenvalue weighted by Crippen LogP contribution is -2.27. The summed E-state index contributed by atoms with van der Waals surface area (Å²) in [5.74, 6) is 0.293. The second-order valence-electron chi connectivity index (χ2n) is 7.05. The Morgan fingerprint density at radius 3 is 2.85 bits per heavy atom. The number of hydrogen-bond donors (Lipinski definition) is 1. The van der Waals surface area contributed by atoms with Gasteiger partial charge in [-0.2, -0.15) is 0 Å². The Morgan fingerprint density at radius 2 is 2.04 bits per heavy atom. The number of ether oxygens (including phenoxy) is 1. The maximum Gasteiger partial charge on any atom is 0.303 e. The minimum absolute atomic E-state index is 0.245. The molecule has 2 heterocycles. The second-order valence-corrected chi connectivity index (χ2v) is 7.05. The summed E-state index contributed by atoms with van der Waals surface area (Å²) >= 11 is 0. The molecule has 0 bridgehead atoms. The summed E-state index contributed by atoms with van der Waals surface area (Å²) in [5, 5.41) is 8.81. The molecule has 1 aromatic heterocycles. The fraction of sp³-hybridized carbons (Fsp3) is 0.455. The maximum absolute atomic E-state index is 10.7. The van der Waals surface area contributed by atoms with Gasteiger partial charge in [0.25, 0.3) is 0 Å². The van der Waals surface area contributed by atoms with Crippen LogP contribution in [0.4, 0.5) is 0 Å². The van der Waals surface area contributed by atoms with Crippen LogP contribution in [0, 0.1) is 0 Å². The van der Waals surface area contributed by atoms with Gasteiger partial charge in [0.2, 0.25) is 0 Å². The number of carboxylic acids is 1. The molecule has 5 heteroatoms. The van der Waals surface area contributed by atoms with Gasteiger partial charge >= 0.3 is 5.97 Å². The van der Waals surface area contributed by atoms with Crippen molar-refractivity contribution in [2.75, 3.05) is 26.2 Å². The van der Waals surface area contributed by atoms with E-state index < -0.39 is 5.97 Å². The van der Waals surface area contributed by atoms with Crippen molar-refractivity contribution >= 4 is 5.97 Å². The maximum atomic E-state index is 10.7. The van der Waals surface area contributed by atoms with Gasteiger partial charge in [-0.05, 0) is 67.5 Å². The summed E-state index contributed by atoms with van der Waals surface area (Å²) in [6, 6.07) is 10.4. The largest absolute Gasteiger partial charge is 0.493 e. The van der Waals surface area contributed by atoms with Gasteiger partial charge in [-0.1, -0.05) is 18.2 Å². The molecule has 1 aliphatic heterocycles. The summed E-state index contributed by atoms with van der Waals surface area (Å²) in [6.45, 7) is 3.50. The van der Waals surface area contributed by atoms with E-state index in [-0.39, 0.29) is 6.42 Å². The molecule has 0 atom stereocenters. The molecular weight excluding hydrogens is 340 g/mol. The van der Waals surface area contributed by atoms with Crippen LogP contribution < -0.4 is 4.74 Å². The molecule has 27 heavy (non-hydrogen) atoms. The number of aromatic nitrogens is 1. The van der Waals surface area contributed by atoms with Gasteiger partial charge in [-0.3, -0.25) is 9.78 Å². The van der Waals surface area contributed by atoms with Crippen molar-refractivity contribution in [3.8, 4) is 5.75 Å². The molecule has 0 saturated carbocycles. The number of nitrogens with zero attached hydrogens (tertiary/aromatic N) is 2. The van der Waals surface area contributed by atoms with E-state index >= 15 is 0 Å². The number of hydrogen-bond acceptors (Lipinski definition) is 4. The molecule has 5 nitrogen and oxygen atoms in total. The van der Waals surface area contributed by atoms with Crippen molar-refractivity contribution in [3.63, 3.8) is 0 Å². The van der Waals surface area contributed by atoms with E-state index in [0.717, 1.165) is 51.1 Å². The van der Waals surface area contributed by atoms with E-state index in [1.54, 1.807) is 6.20 Å². The van der Waals surface area contributed by atoms with Crippen molar-refractivity contribution in [1.29, 1.82) is 0 Å². The third kappa shape index (κ3) is 6.07. The average molecular weight is 368 g/mol. The first-order valence-electron chi connectivity index (χ1n) is 9.79. The van der Waals surface area contributed by atoms with Crippen LogP contribution in [0.3, 0.4) is 0 Å². The lowest BCUT2D eigenvalue weighted by atomic mass is 10.0. The second kappa shape index (κ2) is 10.1. The Labute approximate surface area is 161 Å². The van der Waals surface area contributed by atoms with Gasteiger partial charge in [0.1, 0.15) is 5.75 Å². The molecule has 1 N–H and O–H groups in total. The number of pyridine rings is 1. The summed E-state index contributed by atoms with van der Waals surface area (Å²) < 4.78 is 6.11. The number of benzene rings is 1. The lowest BCUT2D eigenvalue weighted by molar-refractivity contribution is -0.137. The van der Waals surface area contributed by atoms with Crippen LogP contribution in [0.25, 0.3) is 0 Å². The number of fused-ring (bicyclic) bond motifs is 1. The zero-order valence-electron chi connectivity index (χ0n) is 15.8. The molecule has 1 aliphatic rings. The summed E-state index contributed by atoms with van der Waals surface area (Å²) in [4.78, 5) is 17.2. The van der Waals surface area contributed by atoms with E-state index in [1.165, 1.54) is 16.7 Å². The highest BCUT2D eigenvalue weighted by atomic mass is 16.5. The van der Waals surface area contributed by atoms with Gasteiger partial charge in [0.15, 0.2) is 0 Å². The average Bonchev–Trinajstić information content (AvgIpc) is 2.89. The highest BCUT2D eigenvalue weighted by Crippen LogP contribution is 2.26. The topological polar surface area (TPSA) is 62.7 Å². The van der Waals surface area contributed by atoms with E-state index in [9.17, 15) is 4.79 Å². The number of carbonyl (C=O) groups is 1. The van der Waals surface area contributed by atoms with E-state index in [0.29, 0.717) is 13.0 Å². The molecule has 144 valence electrons. The predicted molar refractivity (Wildman–Crippen MR) is 105 cm³/mol. The minimum atomic E-state index is -0.713. The third-order valence-electron chi connectivity index (χ3n) is 5.06. The highest BCUT2D eigenvalue weighted by Gasteiger charge is 2.17. The molecule has 0 amide bonds. The fourth-order valence-electron chi connectivity index (χ4n) is 3.61. The summed E-state index contributed by atoms with van der Waals surface area (Å²) in [6.07, 6.45) is 8.56. The molecule has 0 unspecified atom stereocenters. The van der Waals surface area contributed by atoms with Crippen LogP contribution in [0.15, 0.2) is 42.7 Å². The van der Waals surface area contributed by atoms with Gasteiger partial charge in [0, 0.05) is 31.9 Å². The van der Waals surface area contributed by atoms with Crippen molar-refractivity contribution < 1.29 is 14.6 Å². The first-order valence-corrected chi connectivity index (χ1v) is 9.79. The van der Waals surface area contributed by atoms with E-state index in [1.807, 2.05) is 12.3 Å². The molecule has 0 spiro atoms. The highest BCUT2D eigenvalue weighted by molar-refractivity contribution is 5.66. The van der Waals surface area contributed by atoms with Crippen LogP contribution >= 0.6 is 0 Å². The molecule has 1 aromatic carbocycles. The van der Waals surface area contributed by atoms with Gasteiger partial charge < -0.3 is 14.7 Å². The smallest absolute Gasteiger partial charge is 0.303 e. The first kappa shape index (κ1) is 19.4. The van der Waals surface area contributed by atoms with Crippen LogP contribution in [-0.4, -0.2) is 47.2 Å². The number of carboxylic acid groups (broad SMARTS) is 1. The Hall–Kier alpha value is -2.40. The molecule has 0 aliphatic carbocycles. The van der Waals surface area contributed by atoms with Crippen LogP contribution in [0.1, 0.15) is 36.0 Å². The Morgan fingerprint density at radius 1 is 1.15 bits per heavy atom. The first-order chi connectivity index (χ1) is 13.2. The van der Waals surface area contributed by atoms with Gasteiger partial charge in [-0.25, -0.2) is 0 Å². The molecule has 2 aromatic rings. The van der Waals surface area contributed by atoms with Crippen LogP contribution in [0.5, 0.6) is 5.75 Å². The zero-order chi connectivity index (χ0) is 18.9. The number of aliphatic carboxylic acids is 1. The molecule has 0 fully saturated rings. The SMILES string of the molecule is O=C(O)CCCN1CCc2cccc(OCCCc3cccnc3)c2CC1. The lowest BCUT2D eigenvalue weighted by Gasteiger charge is -2.19. The Bertz CT molecular complexity index is 734. The normalized spacial score (nSPS) is 14.4. The molecule has 3 rings (SSSR count). The fourth-order valence-corrected chi connectivity index (χ4v) is 3.61. The summed E-state index contributed by atoms with van der Waals surface area (Å²) in [5.41, 5.74) is 3.92. The molecule has 0 saturated heterocycles. The number of rotatable bonds is 9. The standard InChI is InChI=1S/C22H28N2O3/c25-22(26)9-3-13-24-14-10-19-7-1-8-21(20(19)11-15-24)27-16-4-6-18-5-2-12-23-17-18/h1-2,5,7-8,12,17H,3-4,6,9-11,13-16H2,(H,25,26). The van der Waals surface area contributed by atoms with Crippen molar-refractivity contribution in [3.05, 3.63) is 59.4 Å². The van der Waals surface area contributed by atoms with Gasteiger partial charge in [0.05, 0.1) is 6.61 Å². The van der Waals surface area contributed by atoms with Crippen LogP contribution in [-0.2, 0) is 24.1 Å². The molecule has 0 radical (unpaired) electrons. The zero-order valence-corrected chi connectivity index (χ0v) is 15.8. The predicted octanol–water partition coefficient (Wildman–Crippen LogP) is 3.36. The Kier molecular flexibility index (Phi) is 7.22. The molecular formula is C22H28N2O3. The van der Waals surface area contributed by atoms with Crippen molar-refractivity contribution in [2.45, 2.75) is 38.5 Å². The van der Waals surface area contributed by atoms with E-state index in [2.05, 4.69) is 34.1 Å². The van der Waals surface area contributed by atoms with E-state index in [4.69, 9.17) is 9.84 Å². The Balaban J connectivity index is 1.50. The van der Waals surface area contributed by atoms with Crippen molar-refractivity contribution in [2.24, 2.45) is 0 Å². The van der Waals surface area contributed by atoms with Crippen molar-refractivity contribution in [1.82, 2.24) is 9.88 Å². The number of aryl methyl sites for hydroxylation is 1. The monoisotopic (exact) mass is 368 g/mol. The third-order valence-corrected chi connectivity index (χ3v) is 5.06. The van der Waals surface area contributed by atoms with Gasteiger partial charge in [-0.15, -0.1) is 0 Å². The van der Waals surface area contributed by atoms with Crippen LogP contribution in [0.2, 0.25) is 0 Å².